The zero-order valence-electron chi connectivity index (χ0n) is 11.9. The highest BCUT2D eigenvalue weighted by atomic mass is 32.2. The molecule has 1 unspecified atom stereocenters. The van der Waals surface area contributed by atoms with E-state index in [1.807, 2.05) is 32.9 Å². The maximum atomic E-state index is 12.2. The number of pyridine rings is 1. The van der Waals surface area contributed by atoms with E-state index in [2.05, 4.69) is 9.38 Å². The zero-order chi connectivity index (χ0) is 13.9. The largest absolute Gasteiger partial charge is 0.265 e. The molecular formula is C15H22N2OS. The molecule has 0 aromatic carbocycles. The minimum absolute atomic E-state index is 0.308. The lowest BCUT2D eigenvalue weighted by molar-refractivity contribution is 0.650. The second-order valence-electron chi connectivity index (χ2n) is 6.12. The molecule has 19 heavy (non-hydrogen) atoms. The van der Waals surface area contributed by atoms with Gasteiger partial charge in [0.25, 0.3) is 0 Å². The summed E-state index contributed by atoms with van der Waals surface area (Å²) in [6.45, 7) is 5.87. The molecule has 104 valence electrons. The summed E-state index contributed by atoms with van der Waals surface area (Å²) in [7, 11) is -1.19. The van der Waals surface area contributed by atoms with Crippen molar-refractivity contribution in [2.45, 2.75) is 51.2 Å². The van der Waals surface area contributed by atoms with E-state index in [1.165, 1.54) is 12.8 Å². The van der Waals surface area contributed by atoms with E-state index in [0.29, 0.717) is 0 Å². The van der Waals surface area contributed by atoms with Gasteiger partial charge in [0.1, 0.15) is 11.0 Å². The van der Waals surface area contributed by atoms with Gasteiger partial charge in [-0.05, 0) is 57.2 Å². The first-order valence-corrected chi connectivity index (χ1v) is 7.97. The Bertz CT molecular complexity index is 473. The highest BCUT2D eigenvalue weighted by molar-refractivity contribution is 7.85. The Labute approximate surface area is 118 Å². The van der Waals surface area contributed by atoms with Crippen molar-refractivity contribution in [2.24, 2.45) is 10.3 Å². The molecule has 3 nitrogen and oxygen atoms in total. The predicted molar refractivity (Wildman–Crippen MR) is 80.6 cm³/mol. The van der Waals surface area contributed by atoms with Crippen LogP contribution in [-0.2, 0) is 11.0 Å². The highest BCUT2D eigenvalue weighted by Crippen LogP contribution is 2.34. The van der Waals surface area contributed by atoms with E-state index >= 15 is 0 Å². The van der Waals surface area contributed by atoms with Gasteiger partial charge in [-0.3, -0.25) is 4.98 Å². The van der Waals surface area contributed by atoms with Crippen LogP contribution in [0.15, 0.2) is 28.9 Å². The van der Waals surface area contributed by atoms with E-state index in [4.69, 9.17) is 0 Å². The maximum Gasteiger partial charge on any atom is 0.145 e. The van der Waals surface area contributed by atoms with E-state index in [9.17, 15) is 4.21 Å². The second-order valence-corrected chi connectivity index (χ2v) is 8.02. The van der Waals surface area contributed by atoms with Gasteiger partial charge < -0.3 is 0 Å². The lowest BCUT2D eigenvalue weighted by Crippen LogP contribution is -2.21. The molecule has 1 atom stereocenters. The lowest BCUT2D eigenvalue weighted by atomic mass is 10.1. The minimum Gasteiger partial charge on any atom is -0.265 e. The Morgan fingerprint density at radius 2 is 2.00 bits per heavy atom. The predicted octanol–water partition coefficient (Wildman–Crippen LogP) is 3.52. The molecule has 0 N–H and O–H groups in total. The Kier molecular flexibility index (Phi) is 4.50. The molecule has 1 aromatic heterocycles. The summed E-state index contributed by atoms with van der Waals surface area (Å²) in [5.74, 6) is 0.857. The van der Waals surface area contributed by atoms with Gasteiger partial charge >= 0.3 is 0 Å². The third-order valence-corrected chi connectivity index (χ3v) is 4.65. The molecule has 1 fully saturated rings. The van der Waals surface area contributed by atoms with Crippen molar-refractivity contribution in [3.8, 4) is 0 Å². The van der Waals surface area contributed by atoms with Crippen molar-refractivity contribution >= 4 is 16.7 Å². The van der Waals surface area contributed by atoms with Crippen molar-refractivity contribution in [1.29, 1.82) is 0 Å². The fourth-order valence-electron chi connectivity index (χ4n) is 1.77. The van der Waals surface area contributed by atoms with Crippen LogP contribution in [0.1, 0.15) is 52.0 Å². The van der Waals surface area contributed by atoms with Crippen LogP contribution in [0.25, 0.3) is 0 Å². The van der Waals surface area contributed by atoms with Crippen LogP contribution < -0.4 is 0 Å². The van der Waals surface area contributed by atoms with E-state index < -0.39 is 11.0 Å². The van der Waals surface area contributed by atoms with Crippen LogP contribution in [0.3, 0.4) is 0 Å². The first kappa shape index (κ1) is 14.4. The van der Waals surface area contributed by atoms with Crippen LogP contribution in [0, 0.1) is 5.92 Å². The van der Waals surface area contributed by atoms with Gasteiger partial charge in [-0.2, -0.15) is 4.40 Å². The van der Waals surface area contributed by atoms with E-state index in [1.54, 1.807) is 12.4 Å². The summed E-state index contributed by atoms with van der Waals surface area (Å²) < 4.78 is 16.4. The fourth-order valence-corrected chi connectivity index (χ4v) is 2.44. The molecule has 1 aliphatic carbocycles. The summed E-state index contributed by atoms with van der Waals surface area (Å²) in [5.41, 5.74) is 2.01. The normalized spacial score (nSPS) is 18.4. The molecule has 1 aromatic rings. The van der Waals surface area contributed by atoms with Crippen LogP contribution in [0.2, 0.25) is 0 Å². The summed E-state index contributed by atoms with van der Waals surface area (Å²) in [6.07, 6.45) is 8.28. The summed E-state index contributed by atoms with van der Waals surface area (Å²) in [5, 5.41) is 0. The number of rotatable bonds is 5. The first-order chi connectivity index (χ1) is 8.97. The van der Waals surface area contributed by atoms with Gasteiger partial charge in [0, 0.05) is 12.4 Å². The lowest BCUT2D eigenvalue weighted by Gasteiger charge is -2.15. The Morgan fingerprint density at radius 3 is 2.53 bits per heavy atom. The molecule has 0 aliphatic heterocycles. The van der Waals surface area contributed by atoms with E-state index in [-0.39, 0.29) is 4.75 Å². The van der Waals surface area contributed by atoms with Crippen LogP contribution in [-0.4, -0.2) is 19.7 Å². The van der Waals surface area contributed by atoms with Crippen molar-refractivity contribution in [3.63, 3.8) is 0 Å². The first-order valence-electron chi connectivity index (χ1n) is 6.87. The average molecular weight is 278 g/mol. The Hall–Kier alpha value is -1.03. The third kappa shape index (κ3) is 4.53. The zero-order valence-corrected chi connectivity index (χ0v) is 12.7. The molecule has 0 spiro atoms. The van der Waals surface area contributed by atoms with Gasteiger partial charge in [-0.15, -0.1) is 0 Å². The van der Waals surface area contributed by atoms with E-state index in [0.717, 1.165) is 30.0 Å². The molecule has 0 saturated heterocycles. The molecule has 0 bridgehead atoms. The second kappa shape index (κ2) is 5.95. The molecule has 2 rings (SSSR count). The Balaban J connectivity index is 2.17. The average Bonchev–Trinajstić information content (AvgIpc) is 3.18. The van der Waals surface area contributed by atoms with Crippen molar-refractivity contribution in [2.75, 3.05) is 0 Å². The molecule has 0 radical (unpaired) electrons. The standard InChI is InChI=1S/C15H22N2OS/c1-15(2,3)19(18)17-14(7-6-12-4-5-12)13-8-10-16-11-9-13/h8-12H,4-7H2,1-3H3. The van der Waals surface area contributed by atoms with Crippen molar-refractivity contribution in [3.05, 3.63) is 30.1 Å². The molecule has 1 saturated carbocycles. The summed E-state index contributed by atoms with van der Waals surface area (Å²) in [6, 6.07) is 3.90. The molecule has 1 aliphatic rings. The number of hydrogen-bond acceptors (Lipinski definition) is 2. The molecule has 1 heterocycles. The summed E-state index contributed by atoms with van der Waals surface area (Å²) in [4.78, 5) is 4.03. The number of aromatic nitrogens is 1. The third-order valence-electron chi connectivity index (χ3n) is 3.22. The number of nitrogens with zero attached hydrogens (tertiary/aromatic N) is 2. The van der Waals surface area contributed by atoms with Crippen molar-refractivity contribution in [1.82, 2.24) is 4.98 Å². The summed E-state index contributed by atoms with van der Waals surface area (Å²) >= 11 is 0. The fraction of sp³-hybridized carbons (Fsp3) is 0.600. The van der Waals surface area contributed by atoms with Gasteiger partial charge in [0.2, 0.25) is 0 Å². The van der Waals surface area contributed by atoms with Gasteiger partial charge in [-0.25, -0.2) is 4.21 Å². The molecular weight excluding hydrogens is 256 g/mol. The Morgan fingerprint density at radius 1 is 1.37 bits per heavy atom. The minimum atomic E-state index is -1.19. The molecule has 4 heteroatoms. The highest BCUT2D eigenvalue weighted by Gasteiger charge is 2.23. The van der Waals surface area contributed by atoms with Crippen LogP contribution >= 0.6 is 0 Å². The van der Waals surface area contributed by atoms with Gasteiger partial charge in [0.05, 0.1) is 10.5 Å². The quantitative estimate of drug-likeness (QED) is 0.773. The van der Waals surface area contributed by atoms with Crippen molar-refractivity contribution < 1.29 is 4.21 Å². The SMILES string of the molecule is CC(C)(C)S(=O)N=C(CCC1CC1)c1ccncc1. The maximum absolute atomic E-state index is 12.2. The number of hydrogen-bond donors (Lipinski definition) is 0. The van der Waals surface area contributed by atoms with Gasteiger partial charge in [0.15, 0.2) is 0 Å². The van der Waals surface area contributed by atoms with Crippen LogP contribution in [0.5, 0.6) is 0 Å². The smallest absolute Gasteiger partial charge is 0.145 e. The topological polar surface area (TPSA) is 42.3 Å². The van der Waals surface area contributed by atoms with Gasteiger partial charge in [-0.1, -0.05) is 12.8 Å². The monoisotopic (exact) mass is 278 g/mol. The molecule has 0 amide bonds. The van der Waals surface area contributed by atoms with Crippen LogP contribution in [0.4, 0.5) is 0 Å².